The minimum atomic E-state index is -0.250. The Morgan fingerprint density at radius 1 is 1.35 bits per heavy atom. The van der Waals surface area contributed by atoms with Gasteiger partial charge < -0.3 is 10.0 Å². The molecular formula is C14H18N2O4. The van der Waals surface area contributed by atoms with Crippen molar-refractivity contribution in [1.29, 1.82) is 0 Å². The van der Waals surface area contributed by atoms with Crippen LogP contribution in [0, 0.1) is 0 Å². The van der Waals surface area contributed by atoms with E-state index in [1.807, 2.05) is 35.2 Å². The fourth-order valence-corrected chi connectivity index (χ4v) is 2.49. The van der Waals surface area contributed by atoms with Crippen molar-refractivity contribution in [2.75, 3.05) is 13.1 Å². The highest BCUT2D eigenvalue weighted by atomic mass is 16.7. The number of rotatable bonds is 3. The summed E-state index contributed by atoms with van der Waals surface area (Å²) in [6, 6.07) is 10.2. The molecule has 0 radical (unpaired) electrons. The van der Waals surface area contributed by atoms with E-state index < -0.39 is 0 Å². The lowest BCUT2D eigenvalue weighted by atomic mass is 10.1. The Morgan fingerprint density at radius 3 is 2.70 bits per heavy atom. The summed E-state index contributed by atoms with van der Waals surface area (Å²) in [5, 5.41) is 8.46. The average Bonchev–Trinajstić information content (AvgIpc) is 2.69. The number of urea groups is 1. The Bertz CT molecular complexity index is 452. The van der Waals surface area contributed by atoms with Crippen LogP contribution in [0.25, 0.3) is 0 Å². The third-order valence-corrected chi connectivity index (χ3v) is 3.40. The molecule has 0 saturated carbocycles. The monoisotopic (exact) mass is 278 g/mol. The molecule has 20 heavy (non-hydrogen) atoms. The molecule has 0 aromatic heterocycles. The van der Waals surface area contributed by atoms with Gasteiger partial charge in [0.25, 0.3) is 6.47 Å². The van der Waals surface area contributed by atoms with Crippen molar-refractivity contribution in [2.24, 2.45) is 0 Å². The number of carboxylic acid groups (broad SMARTS) is 1. The smallest absolute Gasteiger partial charge is 0.344 e. The van der Waals surface area contributed by atoms with Crippen molar-refractivity contribution in [3.05, 3.63) is 35.9 Å². The molecule has 2 amide bonds. The fourth-order valence-electron chi connectivity index (χ4n) is 2.49. The van der Waals surface area contributed by atoms with Gasteiger partial charge in [0.2, 0.25) is 0 Å². The molecule has 6 nitrogen and oxygen atoms in total. The number of carbonyl (C=O) groups excluding carboxylic acids is 1. The number of benzene rings is 1. The topological polar surface area (TPSA) is 70.1 Å². The van der Waals surface area contributed by atoms with Crippen molar-refractivity contribution in [3.63, 3.8) is 0 Å². The maximum Gasteiger partial charge on any atom is 0.344 e. The normalized spacial score (nSPS) is 20.4. The molecule has 1 aromatic carbocycles. The molecule has 0 unspecified atom stereocenters. The van der Waals surface area contributed by atoms with Crippen molar-refractivity contribution < 1.29 is 19.5 Å². The number of hydrogen-bond donors (Lipinski definition) is 1. The van der Waals surface area contributed by atoms with Crippen LogP contribution in [0.4, 0.5) is 4.79 Å². The lowest BCUT2D eigenvalue weighted by molar-refractivity contribution is -0.140. The second-order valence-corrected chi connectivity index (χ2v) is 4.71. The summed E-state index contributed by atoms with van der Waals surface area (Å²) in [4.78, 5) is 27.8. The van der Waals surface area contributed by atoms with E-state index in [0.717, 1.165) is 31.5 Å². The van der Waals surface area contributed by atoms with E-state index in [1.165, 1.54) is 0 Å². The van der Waals surface area contributed by atoms with Crippen molar-refractivity contribution in [3.8, 4) is 0 Å². The lowest BCUT2D eigenvalue weighted by Gasteiger charge is -2.22. The summed E-state index contributed by atoms with van der Waals surface area (Å²) in [6.45, 7) is 1.92. The van der Waals surface area contributed by atoms with Gasteiger partial charge in [0.15, 0.2) is 0 Å². The van der Waals surface area contributed by atoms with Gasteiger partial charge in [0, 0.05) is 13.1 Å². The molecule has 2 heterocycles. The first-order chi connectivity index (χ1) is 9.76. The van der Waals surface area contributed by atoms with Gasteiger partial charge in [0.05, 0.1) is 6.04 Å². The molecule has 108 valence electrons. The fraction of sp³-hybridized carbons (Fsp3) is 0.429. The van der Waals surface area contributed by atoms with Crippen molar-refractivity contribution >= 4 is 12.5 Å². The molecule has 0 aliphatic carbocycles. The summed E-state index contributed by atoms with van der Waals surface area (Å²) < 4.78 is 0. The molecule has 6 heteroatoms. The zero-order valence-electron chi connectivity index (χ0n) is 11.1. The van der Waals surface area contributed by atoms with Gasteiger partial charge in [-0.05, 0) is 18.4 Å². The standard InChI is InChI=1S/C13H16N2O2.CH2O2/c16-13-14-8-4-7-12(9-14)15(13)17-10-11-5-2-1-3-6-11;2-1-3/h1-3,5-6,12H,4,7-10H2;1H,(H,2,3)/t12-;/m1./s1. The Balaban J connectivity index is 0.000000452. The van der Waals surface area contributed by atoms with Gasteiger partial charge in [-0.3, -0.25) is 9.63 Å². The average molecular weight is 278 g/mol. The van der Waals surface area contributed by atoms with Crippen LogP contribution in [0.3, 0.4) is 0 Å². The van der Waals surface area contributed by atoms with E-state index in [-0.39, 0.29) is 18.5 Å². The van der Waals surface area contributed by atoms with Gasteiger partial charge in [-0.15, -0.1) is 0 Å². The molecule has 2 saturated heterocycles. The van der Waals surface area contributed by atoms with Crippen LogP contribution in [0.2, 0.25) is 0 Å². The second kappa shape index (κ2) is 6.91. The largest absolute Gasteiger partial charge is 0.483 e. The Kier molecular flexibility index (Phi) is 4.95. The molecule has 0 spiro atoms. The van der Waals surface area contributed by atoms with Gasteiger partial charge in [-0.2, -0.15) is 5.06 Å². The Labute approximate surface area is 117 Å². The highest BCUT2D eigenvalue weighted by Gasteiger charge is 2.40. The molecule has 2 aliphatic heterocycles. The molecule has 1 aromatic rings. The highest BCUT2D eigenvalue weighted by molar-refractivity contribution is 5.76. The quantitative estimate of drug-likeness (QED) is 0.855. The third-order valence-electron chi connectivity index (χ3n) is 3.40. The number of fused-ring (bicyclic) bond motifs is 2. The zero-order valence-corrected chi connectivity index (χ0v) is 11.1. The van der Waals surface area contributed by atoms with Crippen LogP contribution in [0.5, 0.6) is 0 Å². The summed E-state index contributed by atoms with van der Waals surface area (Å²) in [5.41, 5.74) is 1.09. The molecule has 1 N–H and O–H groups in total. The Morgan fingerprint density at radius 2 is 2.05 bits per heavy atom. The molecule has 2 aliphatic rings. The maximum absolute atomic E-state index is 11.9. The van der Waals surface area contributed by atoms with Crippen molar-refractivity contribution in [1.82, 2.24) is 9.96 Å². The van der Waals surface area contributed by atoms with Gasteiger partial charge in [0.1, 0.15) is 6.61 Å². The summed E-state index contributed by atoms with van der Waals surface area (Å²) >= 11 is 0. The molecule has 2 fully saturated rings. The second-order valence-electron chi connectivity index (χ2n) is 4.71. The van der Waals surface area contributed by atoms with Crippen LogP contribution < -0.4 is 0 Å². The zero-order chi connectivity index (χ0) is 14.4. The number of piperidine rings is 1. The molecular weight excluding hydrogens is 260 g/mol. The summed E-state index contributed by atoms with van der Waals surface area (Å²) in [6.07, 6.45) is 2.14. The predicted octanol–water partition coefficient (Wildman–Crippen LogP) is 1.72. The van der Waals surface area contributed by atoms with E-state index in [9.17, 15) is 4.79 Å². The van der Waals surface area contributed by atoms with E-state index >= 15 is 0 Å². The van der Waals surface area contributed by atoms with E-state index in [0.29, 0.717) is 6.61 Å². The first-order valence-electron chi connectivity index (χ1n) is 6.59. The molecule has 1 atom stereocenters. The predicted molar refractivity (Wildman–Crippen MR) is 71.8 cm³/mol. The number of hydrogen-bond acceptors (Lipinski definition) is 3. The molecule has 2 bridgehead atoms. The van der Waals surface area contributed by atoms with Gasteiger partial charge >= 0.3 is 6.03 Å². The maximum atomic E-state index is 11.9. The van der Waals surface area contributed by atoms with Crippen LogP contribution >= 0.6 is 0 Å². The first kappa shape index (κ1) is 14.3. The Hall–Kier alpha value is -2.08. The van der Waals surface area contributed by atoms with Gasteiger partial charge in [-0.25, -0.2) is 4.79 Å². The summed E-state index contributed by atoms with van der Waals surface area (Å²) in [5.74, 6) is 0. The van der Waals surface area contributed by atoms with E-state index in [4.69, 9.17) is 14.7 Å². The SMILES string of the molecule is O=C1N2CCC[C@H](C2)N1OCc1ccccc1.O=CO. The van der Waals surface area contributed by atoms with Crippen molar-refractivity contribution in [2.45, 2.75) is 25.5 Å². The minimum absolute atomic E-state index is 0.0310. The van der Waals surface area contributed by atoms with E-state index in [1.54, 1.807) is 5.06 Å². The van der Waals surface area contributed by atoms with Crippen LogP contribution in [-0.2, 0) is 16.2 Å². The van der Waals surface area contributed by atoms with Crippen LogP contribution in [0.1, 0.15) is 18.4 Å². The van der Waals surface area contributed by atoms with Gasteiger partial charge in [-0.1, -0.05) is 30.3 Å². The van der Waals surface area contributed by atoms with E-state index in [2.05, 4.69) is 0 Å². The minimum Gasteiger partial charge on any atom is -0.483 e. The number of nitrogens with zero attached hydrogens (tertiary/aromatic N) is 2. The first-order valence-corrected chi connectivity index (χ1v) is 6.59. The summed E-state index contributed by atoms with van der Waals surface area (Å²) in [7, 11) is 0. The van der Waals surface area contributed by atoms with Crippen LogP contribution in [0.15, 0.2) is 30.3 Å². The third kappa shape index (κ3) is 3.27. The number of carbonyl (C=O) groups is 2. The van der Waals surface area contributed by atoms with Crippen LogP contribution in [-0.4, -0.2) is 46.7 Å². The number of amides is 2. The highest BCUT2D eigenvalue weighted by Crippen LogP contribution is 2.25. The molecule has 3 rings (SSSR count). The lowest BCUT2D eigenvalue weighted by Crippen LogP contribution is -2.33. The number of hydroxylamine groups is 2.